The molecule has 0 aromatic rings. The van der Waals surface area contributed by atoms with Crippen LogP contribution in [0.2, 0.25) is 0 Å². The van der Waals surface area contributed by atoms with E-state index < -0.39 is 0 Å². The number of rotatable bonds is 6. The van der Waals surface area contributed by atoms with Crippen molar-refractivity contribution in [3.05, 3.63) is 0 Å². The van der Waals surface area contributed by atoms with Gasteiger partial charge in [-0.3, -0.25) is 0 Å². The van der Waals surface area contributed by atoms with Crippen LogP contribution < -0.4 is 5.32 Å². The summed E-state index contributed by atoms with van der Waals surface area (Å²) in [6.07, 6.45) is 4.02. The highest BCUT2D eigenvalue weighted by atomic mass is 15.1. The molecule has 1 aliphatic rings. The molecule has 1 aliphatic carbocycles. The molecule has 102 valence electrons. The fourth-order valence-electron chi connectivity index (χ4n) is 3.27. The lowest BCUT2D eigenvalue weighted by Gasteiger charge is -2.42. The number of nitrogens with one attached hydrogen (secondary N) is 1. The van der Waals surface area contributed by atoms with E-state index in [4.69, 9.17) is 0 Å². The summed E-state index contributed by atoms with van der Waals surface area (Å²) in [7, 11) is 2.25. The molecular weight excluding hydrogens is 208 g/mol. The van der Waals surface area contributed by atoms with Gasteiger partial charge in [-0.1, -0.05) is 27.7 Å². The average molecular weight is 240 g/mol. The molecule has 4 atom stereocenters. The third-order valence-electron chi connectivity index (χ3n) is 4.40. The van der Waals surface area contributed by atoms with E-state index in [1.54, 1.807) is 0 Å². The Hall–Kier alpha value is -0.0800. The minimum absolute atomic E-state index is 0.739. The van der Waals surface area contributed by atoms with Crippen molar-refractivity contribution in [1.82, 2.24) is 10.2 Å². The molecule has 0 saturated heterocycles. The maximum Gasteiger partial charge on any atom is 0.0113 e. The molecule has 2 heteroatoms. The van der Waals surface area contributed by atoms with E-state index in [1.165, 1.54) is 38.9 Å². The van der Waals surface area contributed by atoms with Crippen molar-refractivity contribution in [2.24, 2.45) is 17.8 Å². The normalized spacial score (nSPS) is 34.2. The summed E-state index contributed by atoms with van der Waals surface area (Å²) in [6, 6.07) is 0.739. The summed E-state index contributed by atoms with van der Waals surface area (Å²) >= 11 is 0. The zero-order valence-electron chi connectivity index (χ0n) is 12.5. The molecule has 0 spiro atoms. The van der Waals surface area contributed by atoms with Crippen LogP contribution in [0.3, 0.4) is 0 Å². The first-order valence-corrected chi connectivity index (χ1v) is 7.50. The van der Waals surface area contributed by atoms with E-state index in [0.29, 0.717) is 0 Å². The summed E-state index contributed by atoms with van der Waals surface area (Å²) in [5.74, 6) is 2.59. The van der Waals surface area contributed by atoms with Crippen LogP contribution in [0.5, 0.6) is 0 Å². The third-order valence-corrected chi connectivity index (χ3v) is 4.40. The number of hydrogen-bond donors (Lipinski definition) is 1. The van der Waals surface area contributed by atoms with Crippen LogP contribution >= 0.6 is 0 Å². The summed E-state index contributed by atoms with van der Waals surface area (Å²) in [5, 5.41) is 3.78. The van der Waals surface area contributed by atoms with Crippen molar-refractivity contribution < 1.29 is 0 Å². The van der Waals surface area contributed by atoms with Gasteiger partial charge in [0, 0.05) is 12.6 Å². The Balaban J connectivity index is 2.58. The Bertz CT molecular complexity index is 205. The molecule has 0 radical (unpaired) electrons. The minimum Gasteiger partial charge on any atom is -0.314 e. The van der Waals surface area contributed by atoms with Gasteiger partial charge in [0.1, 0.15) is 0 Å². The molecule has 1 saturated carbocycles. The van der Waals surface area contributed by atoms with Gasteiger partial charge in [-0.05, 0) is 57.2 Å². The minimum atomic E-state index is 0.739. The predicted molar refractivity (Wildman–Crippen MR) is 76.3 cm³/mol. The topological polar surface area (TPSA) is 15.3 Å². The fraction of sp³-hybridized carbons (Fsp3) is 1.00. The van der Waals surface area contributed by atoms with Gasteiger partial charge >= 0.3 is 0 Å². The molecule has 17 heavy (non-hydrogen) atoms. The Labute approximate surface area is 108 Å². The molecule has 4 unspecified atom stereocenters. The van der Waals surface area contributed by atoms with Crippen molar-refractivity contribution in [3.8, 4) is 0 Å². The van der Waals surface area contributed by atoms with Gasteiger partial charge < -0.3 is 10.2 Å². The molecule has 0 aromatic carbocycles. The van der Waals surface area contributed by atoms with Crippen LogP contribution in [-0.4, -0.2) is 37.6 Å². The summed E-state index contributed by atoms with van der Waals surface area (Å²) in [4.78, 5) is 2.47. The number of nitrogens with zero attached hydrogens (tertiary/aromatic N) is 1. The second-order valence-corrected chi connectivity index (χ2v) is 6.13. The van der Waals surface area contributed by atoms with E-state index in [0.717, 1.165) is 23.8 Å². The van der Waals surface area contributed by atoms with Gasteiger partial charge in [0.2, 0.25) is 0 Å². The largest absolute Gasteiger partial charge is 0.314 e. The molecule has 0 bridgehead atoms. The van der Waals surface area contributed by atoms with Crippen LogP contribution in [-0.2, 0) is 0 Å². The molecule has 0 amide bonds. The molecule has 1 N–H and O–H groups in total. The molecule has 1 fully saturated rings. The Morgan fingerprint density at radius 3 is 2.47 bits per heavy atom. The number of hydrogen-bond acceptors (Lipinski definition) is 2. The molecule has 0 heterocycles. The van der Waals surface area contributed by atoms with Crippen molar-refractivity contribution in [2.45, 2.75) is 53.0 Å². The lowest BCUT2D eigenvalue weighted by atomic mass is 9.72. The van der Waals surface area contributed by atoms with Crippen LogP contribution in [0.25, 0.3) is 0 Å². The Kier molecular flexibility index (Phi) is 6.50. The second kappa shape index (κ2) is 7.38. The van der Waals surface area contributed by atoms with Gasteiger partial charge in [0.25, 0.3) is 0 Å². The monoisotopic (exact) mass is 240 g/mol. The maximum atomic E-state index is 3.78. The lowest BCUT2D eigenvalue weighted by molar-refractivity contribution is 0.113. The highest BCUT2D eigenvalue weighted by Crippen LogP contribution is 2.34. The first-order valence-electron chi connectivity index (χ1n) is 7.50. The van der Waals surface area contributed by atoms with Gasteiger partial charge in [-0.15, -0.1) is 0 Å². The Morgan fingerprint density at radius 1 is 1.18 bits per heavy atom. The summed E-state index contributed by atoms with van der Waals surface area (Å²) < 4.78 is 0. The van der Waals surface area contributed by atoms with Crippen molar-refractivity contribution >= 4 is 0 Å². The maximum absolute atomic E-state index is 3.78. The van der Waals surface area contributed by atoms with E-state index in [1.807, 2.05) is 0 Å². The fourth-order valence-corrected chi connectivity index (χ4v) is 3.27. The quantitative estimate of drug-likeness (QED) is 0.768. The van der Waals surface area contributed by atoms with Crippen molar-refractivity contribution in [3.63, 3.8) is 0 Å². The first-order chi connectivity index (χ1) is 8.08. The van der Waals surface area contributed by atoms with Crippen LogP contribution in [0.1, 0.15) is 47.0 Å². The van der Waals surface area contributed by atoms with Crippen LogP contribution in [0.4, 0.5) is 0 Å². The van der Waals surface area contributed by atoms with E-state index in [-0.39, 0.29) is 0 Å². The average Bonchev–Trinajstić information content (AvgIpc) is 2.29. The molecule has 1 rings (SSSR count). The predicted octanol–water partition coefficient (Wildman–Crippen LogP) is 2.99. The molecule has 0 aliphatic heterocycles. The zero-order valence-corrected chi connectivity index (χ0v) is 12.5. The SMILES string of the molecule is CCCNC1CC(C)CC(C)C1CN(C)CC. The molecule has 0 aromatic heterocycles. The van der Waals surface area contributed by atoms with Crippen LogP contribution in [0, 0.1) is 17.8 Å². The smallest absolute Gasteiger partial charge is 0.0113 e. The highest BCUT2D eigenvalue weighted by Gasteiger charge is 2.33. The lowest BCUT2D eigenvalue weighted by Crippen LogP contribution is -2.48. The van der Waals surface area contributed by atoms with Crippen LogP contribution in [0.15, 0.2) is 0 Å². The Morgan fingerprint density at radius 2 is 1.88 bits per heavy atom. The van der Waals surface area contributed by atoms with E-state index in [2.05, 4.69) is 45.0 Å². The third kappa shape index (κ3) is 4.59. The van der Waals surface area contributed by atoms with Gasteiger partial charge in [-0.2, -0.15) is 0 Å². The van der Waals surface area contributed by atoms with Gasteiger partial charge in [-0.25, -0.2) is 0 Å². The van der Waals surface area contributed by atoms with E-state index in [9.17, 15) is 0 Å². The standard InChI is InChI=1S/C15H32N2/c1-6-8-16-15-10-12(3)9-13(4)14(15)11-17(5)7-2/h12-16H,6-11H2,1-5H3. The van der Waals surface area contributed by atoms with E-state index >= 15 is 0 Å². The van der Waals surface area contributed by atoms with Gasteiger partial charge in [0.05, 0.1) is 0 Å². The second-order valence-electron chi connectivity index (χ2n) is 6.13. The van der Waals surface area contributed by atoms with Gasteiger partial charge in [0.15, 0.2) is 0 Å². The summed E-state index contributed by atoms with van der Waals surface area (Å²) in [5.41, 5.74) is 0. The van der Waals surface area contributed by atoms with Crippen molar-refractivity contribution in [1.29, 1.82) is 0 Å². The molecule has 2 nitrogen and oxygen atoms in total. The zero-order chi connectivity index (χ0) is 12.8. The summed E-state index contributed by atoms with van der Waals surface area (Å²) in [6.45, 7) is 13.0. The highest BCUT2D eigenvalue weighted by molar-refractivity contribution is 4.88. The first kappa shape index (κ1) is 15.0. The molecular formula is C15H32N2. The van der Waals surface area contributed by atoms with Crippen molar-refractivity contribution in [2.75, 3.05) is 26.7 Å².